The predicted molar refractivity (Wildman–Crippen MR) is 69.7 cm³/mol. The standard InChI is InChI=1S/C15H20F3N/c1-11-10-12(15(16,17)18)6-7-13(11)14(19)8-4-2-3-5-9-14/h6-7,10H,2-5,8-9,19H2,1H3. The minimum absolute atomic E-state index is 0.454. The van der Waals surface area contributed by atoms with Crippen molar-refractivity contribution in [3.63, 3.8) is 0 Å². The first kappa shape index (κ1) is 14.4. The highest BCUT2D eigenvalue weighted by Crippen LogP contribution is 2.37. The summed E-state index contributed by atoms with van der Waals surface area (Å²) in [5.74, 6) is 0. The van der Waals surface area contributed by atoms with Crippen LogP contribution in [0.25, 0.3) is 0 Å². The van der Waals surface area contributed by atoms with Gasteiger partial charge in [0.05, 0.1) is 5.56 Å². The van der Waals surface area contributed by atoms with E-state index in [-0.39, 0.29) is 0 Å². The van der Waals surface area contributed by atoms with Gasteiger partial charge >= 0.3 is 6.18 Å². The molecule has 2 N–H and O–H groups in total. The van der Waals surface area contributed by atoms with Crippen LogP contribution in [0.1, 0.15) is 55.2 Å². The number of halogens is 3. The van der Waals surface area contributed by atoms with Crippen molar-refractivity contribution in [1.82, 2.24) is 0 Å². The highest BCUT2D eigenvalue weighted by atomic mass is 19.4. The molecular weight excluding hydrogens is 251 g/mol. The molecule has 1 saturated carbocycles. The molecule has 1 aromatic rings. The fraction of sp³-hybridized carbons (Fsp3) is 0.600. The van der Waals surface area contributed by atoms with Crippen LogP contribution >= 0.6 is 0 Å². The van der Waals surface area contributed by atoms with Gasteiger partial charge in [-0.25, -0.2) is 0 Å². The van der Waals surface area contributed by atoms with E-state index in [1.54, 1.807) is 13.0 Å². The molecule has 106 valence electrons. The van der Waals surface area contributed by atoms with Crippen molar-refractivity contribution < 1.29 is 13.2 Å². The number of hydrogen-bond acceptors (Lipinski definition) is 1. The van der Waals surface area contributed by atoms with Crippen LogP contribution in [0.4, 0.5) is 13.2 Å². The number of alkyl halides is 3. The Morgan fingerprint density at radius 2 is 1.63 bits per heavy atom. The van der Waals surface area contributed by atoms with Crippen molar-refractivity contribution >= 4 is 0 Å². The monoisotopic (exact) mass is 271 g/mol. The summed E-state index contributed by atoms with van der Waals surface area (Å²) < 4.78 is 38.0. The summed E-state index contributed by atoms with van der Waals surface area (Å²) in [5.41, 5.74) is 6.94. The Labute approximate surface area is 112 Å². The molecule has 0 spiro atoms. The van der Waals surface area contributed by atoms with Gasteiger partial charge in [0.15, 0.2) is 0 Å². The minimum atomic E-state index is -4.28. The van der Waals surface area contributed by atoms with E-state index >= 15 is 0 Å². The van der Waals surface area contributed by atoms with Crippen LogP contribution in [0.5, 0.6) is 0 Å². The topological polar surface area (TPSA) is 26.0 Å². The Bertz CT molecular complexity index is 443. The van der Waals surface area contributed by atoms with Crippen molar-refractivity contribution in [3.05, 3.63) is 34.9 Å². The highest BCUT2D eigenvalue weighted by Gasteiger charge is 2.34. The number of aryl methyl sites for hydroxylation is 1. The van der Waals surface area contributed by atoms with Gasteiger partial charge in [0.1, 0.15) is 0 Å². The molecule has 0 amide bonds. The number of hydrogen-bond donors (Lipinski definition) is 1. The summed E-state index contributed by atoms with van der Waals surface area (Å²) in [6, 6.07) is 3.94. The maximum atomic E-state index is 12.7. The quantitative estimate of drug-likeness (QED) is 0.746. The molecule has 1 fully saturated rings. The van der Waals surface area contributed by atoms with Crippen LogP contribution in [0, 0.1) is 6.92 Å². The van der Waals surface area contributed by atoms with E-state index in [1.165, 1.54) is 18.9 Å². The molecule has 4 heteroatoms. The normalized spacial score (nSPS) is 20.1. The van der Waals surface area contributed by atoms with Gasteiger partial charge in [-0.15, -0.1) is 0 Å². The van der Waals surface area contributed by atoms with E-state index in [0.29, 0.717) is 5.56 Å². The van der Waals surface area contributed by atoms with E-state index < -0.39 is 17.3 Å². The van der Waals surface area contributed by atoms with Crippen LogP contribution in [-0.4, -0.2) is 0 Å². The predicted octanol–water partition coefficient (Wildman–Crippen LogP) is 4.52. The van der Waals surface area contributed by atoms with Gasteiger partial charge in [0, 0.05) is 5.54 Å². The molecule has 0 saturated heterocycles. The first-order valence-corrected chi connectivity index (χ1v) is 6.80. The van der Waals surface area contributed by atoms with Gasteiger partial charge in [-0.05, 0) is 43.0 Å². The summed E-state index contributed by atoms with van der Waals surface area (Å²) in [4.78, 5) is 0. The minimum Gasteiger partial charge on any atom is -0.321 e. The number of benzene rings is 1. The number of nitrogens with two attached hydrogens (primary N) is 1. The second-order valence-electron chi connectivity index (χ2n) is 5.60. The molecule has 0 unspecified atom stereocenters. The zero-order valence-electron chi connectivity index (χ0n) is 11.2. The van der Waals surface area contributed by atoms with Gasteiger partial charge < -0.3 is 5.73 Å². The molecule has 1 aliphatic rings. The van der Waals surface area contributed by atoms with Crippen LogP contribution < -0.4 is 5.73 Å². The second kappa shape index (κ2) is 5.16. The van der Waals surface area contributed by atoms with Gasteiger partial charge in [0.25, 0.3) is 0 Å². The molecule has 0 atom stereocenters. The largest absolute Gasteiger partial charge is 0.416 e. The fourth-order valence-corrected chi connectivity index (χ4v) is 3.03. The Hall–Kier alpha value is -1.03. The average Bonchev–Trinajstić information content (AvgIpc) is 2.53. The third-order valence-electron chi connectivity index (χ3n) is 4.09. The van der Waals surface area contributed by atoms with Gasteiger partial charge in [-0.3, -0.25) is 0 Å². The summed E-state index contributed by atoms with van der Waals surface area (Å²) >= 11 is 0. The summed E-state index contributed by atoms with van der Waals surface area (Å²) in [6.45, 7) is 1.73. The van der Waals surface area contributed by atoms with E-state index in [2.05, 4.69) is 0 Å². The van der Waals surface area contributed by atoms with Crippen molar-refractivity contribution in [2.24, 2.45) is 5.73 Å². The number of rotatable bonds is 1. The van der Waals surface area contributed by atoms with Crippen molar-refractivity contribution in [2.45, 2.75) is 57.2 Å². The molecule has 1 nitrogen and oxygen atoms in total. The fourth-order valence-electron chi connectivity index (χ4n) is 3.03. The Kier molecular flexibility index (Phi) is 3.90. The molecule has 0 bridgehead atoms. The Morgan fingerprint density at radius 1 is 1.05 bits per heavy atom. The third kappa shape index (κ3) is 3.11. The zero-order chi connectivity index (χ0) is 14.1. The highest BCUT2D eigenvalue weighted by molar-refractivity contribution is 5.37. The summed E-state index contributed by atoms with van der Waals surface area (Å²) in [5, 5.41) is 0. The molecule has 2 rings (SSSR count). The third-order valence-corrected chi connectivity index (χ3v) is 4.09. The van der Waals surface area contributed by atoms with Crippen LogP contribution in [0.2, 0.25) is 0 Å². The Morgan fingerprint density at radius 3 is 2.11 bits per heavy atom. The molecule has 0 radical (unpaired) electrons. The maximum Gasteiger partial charge on any atom is 0.416 e. The average molecular weight is 271 g/mol. The van der Waals surface area contributed by atoms with E-state index in [1.807, 2.05) is 0 Å². The smallest absolute Gasteiger partial charge is 0.321 e. The molecule has 1 aliphatic carbocycles. The van der Waals surface area contributed by atoms with Gasteiger partial charge in [-0.2, -0.15) is 13.2 Å². The molecule has 0 heterocycles. The van der Waals surface area contributed by atoms with Gasteiger partial charge in [0.2, 0.25) is 0 Å². The lowest BCUT2D eigenvalue weighted by molar-refractivity contribution is -0.137. The lowest BCUT2D eigenvalue weighted by Gasteiger charge is -2.30. The lowest BCUT2D eigenvalue weighted by atomic mass is 9.81. The summed E-state index contributed by atoms with van der Waals surface area (Å²) in [7, 11) is 0. The van der Waals surface area contributed by atoms with Crippen LogP contribution in [0.3, 0.4) is 0 Å². The van der Waals surface area contributed by atoms with Crippen LogP contribution in [-0.2, 0) is 11.7 Å². The van der Waals surface area contributed by atoms with Crippen molar-refractivity contribution in [2.75, 3.05) is 0 Å². The lowest BCUT2D eigenvalue weighted by Crippen LogP contribution is -2.36. The zero-order valence-corrected chi connectivity index (χ0v) is 11.2. The molecule has 19 heavy (non-hydrogen) atoms. The maximum absolute atomic E-state index is 12.7. The van der Waals surface area contributed by atoms with E-state index in [4.69, 9.17) is 5.73 Å². The van der Waals surface area contributed by atoms with Crippen molar-refractivity contribution in [1.29, 1.82) is 0 Å². The van der Waals surface area contributed by atoms with Gasteiger partial charge in [-0.1, -0.05) is 31.7 Å². The molecule has 0 aliphatic heterocycles. The summed E-state index contributed by atoms with van der Waals surface area (Å²) in [6.07, 6.45) is 1.87. The first-order chi connectivity index (χ1) is 8.83. The molecule has 1 aromatic carbocycles. The Balaban J connectivity index is 2.34. The second-order valence-corrected chi connectivity index (χ2v) is 5.60. The van der Waals surface area contributed by atoms with E-state index in [9.17, 15) is 13.2 Å². The molecule has 0 aromatic heterocycles. The van der Waals surface area contributed by atoms with Crippen molar-refractivity contribution in [3.8, 4) is 0 Å². The molecular formula is C15H20F3N. The SMILES string of the molecule is Cc1cc(C(F)(F)F)ccc1C1(N)CCCCCC1. The first-order valence-electron chi connectivity index (χ1n) is 6.80. The van der Waals surface area contributed by atoms with Crippen LogP contribution in [0.15, 0.2) is 18.2 Å². The van der Waals surface area contributed by atoms with E-state index in [0.717, 1.165) is 37.3 Å².